The Kier molecular flexibility index (Phi) is 6.43. The van der Waals surface area contributed by atoms with Crippen LogP contribution in [0, 0.1) is 6.92 Å². The minimum Gasteiger partial charge on any atom is -0.394 e. The van der Waals surface area contributed by atoms with E-state index in [0.29, 0.717) is 25.4 Å². The maximum atomic E-state index is 11.9. The summed E-state index contributed by atoms with van der Waals surface area (Å²) < 4.78 is 33.2. The highest BCUT2D eigenvalue weighted by molar-refractivity contribution is 7.89. The zero-order chi connectivity index (χ0) is 14.3. The van der Waals surface area contributed by atoms with E-state index in [0.717, 1.165) is 0 Å². The Labute approximate surface area is 113 Å². The van der Waals surface area contributed by atoms with Gasteiger partial charge in [0.05, 0.1) is 13.2 Å². The normalized spacial score (nSPS) is 11.9. The number of hydrogen-bond donors (Lipinski definition) is 2. The van der Waals surface area contributed by atoms with Crippen molar-refractivity contribution in [3.8, 4) is 0 Å². The molecule has 8 heteroatoms. The third kappa shape index (κ3) is 4.90. The van der Waals surface area contributed by atoms with Crippen molar-refractivity contribution in [2.75, 3.05) is 26.4 Å². The first-order chi connectivity index (χ1) is 9.01. The van der Waals surface area contributed by atoms with Gasteiger partial charge in [-0.05, 0) is 20.3 Å². The molecule has 0 bridgehead atoms. The zero-order valence-electron chi connectivity index (χ0n) is 11.3. The zero-order valence-corrected chi connectivity index (χ0v) is 12.1. The number of aromatic nitrogens is 2. The molecule has 0 aromatic carbocycles. The molecule has 0 aliphatic rings. The van der Waals surface area contributed by atoms with Crippen molar-refractivity contribution >= 4 is 10.0 Å². The van der Waals surface area contributed by atoms with Crippen molar-refractivity contribution in [2.24, 2.45) is 0 Å². The van der Waals surface area contributed by atoms with Crippen molar-refractivity contribution < 1.29 is 18.3 Å². The van der Waals surface area contributed by atoms with Crippen LogP contribution in [0.25, 0.3) is 0 Å². The van der Waals surface area contributed by atoms with Gasteiger partial charge in [-0.3, -0.25) is 0 Å². The molecule has 1 heterocycles. The first kappa shape index (κ1) is 16.1. The second-order valence-electron chi connectivity index (χ2n) is 4.00. The van der Waals surface area contributed by atoms with Gasteiger partial charge < -0.3 is 14.4 Å². The van der Waals surface area contributed by atoms with Gasteiger partial charge in [0.2, 0.25) is 0 Å². The van der Waals surface area contributed by atoms with Crippen molar-refractivity contribution in [2.45, 2.75) is 31.8 Å². The molecule has 0 atom stereocenters. The lowest BCUT2D eigenvalue weighted by atomic mass is 10.5. The Morgan fingerprint density at radius 2 is 2.21 bits per heavy atom. The molecule has 0 radical (unpaired) electrons. The minimum atomic E-state index is -3.55. The van der Waals surface area contributed by atoms with Gasteiger partial charge in [-0.1, -0.05) is 0 Å². The van der Waals surface area contributed by atoms with E-state index in [1.807, 2.05) is 6.92 Å². The Hall–Kier alpha value is -0.960. The minimum absolute atomic E-state index is 0.0283. The fourth-order valence-corrected chi connectivity index (χ4v) is 2.63. The molecular formula is C11H21N3O4S. The average Bonchev–Trinajstić information content (AvgIpc) is 2.76. The van der Waals surface area contributed by atoms with Gasteiger partial charge >= 0.3 is 0 Å². The van der Waals surface area contributed by atoms with Gasteiger partial charge in [-0.25, -0.2) is 18.1 Å². The van der Waals surface area contributed by atoms with E-state index in [1.165, 1.54) is 6.20 Å². The second kappa shape index (κ2) is 7.59. The van der Waals surface area contributed by atoms with Gasteiger partial charge in [0.1, 0.15) is 5.82 Å². The van der Waals surface area contributed by atoms with Crippen LogP contribution in [0.15, 0.2) is 11.2 Å². The van der Waals surface area contributed by atoms with E-state index < -0.39 is 10.0 Å². The van der Waals surface area contributed by atoms with Crippen LogP contribution in [0.3, 0.4) is 0 Å². The number of aliphatic hydroxyl groups is 1. The van der Waals surface area contributed by atoms with Crippen LogP contribution >= 0.6 is 0 Å². The lowest BCUT2D eigenvalue weighted by Gasteiger charge is -2.04. The van der Waals surface area contributed by atoms with Crippen LogP contribution in [0.5, 0.6) is 0 Å². The number of aryl methyl sites for hydroxylation is 2. The molecule has 0 saturated carbocycles. The molecule has 0 fully saturated rings. The summed E-state index contributed by atoms with van der Waals surface area (Å²) in [6.45, 7) is 5.31. The van der Waals surface area contributed by atoms with E-state index in [4.69, 9.17) is 9.84 Å². The molecule has 0 aliphatic heterocycles. The Bertz CT molecular complexity index is 484. The molecule has 0 saturated heterocycles. The molecule has 0 amide bonds. The van der Waals surface area contributed by atoms with Gasteiger partial charge in [-0.2, -0.15) is 0 Å². The van der Waals surface area contributed by atoms with Crippen LogP contribution in [0.1, 0.15) is 19.2 Å². The molecule has 19 heavy (non-hydrogen) atoms. The third-order valence-corrected chi connectivity index (χ3v) is 3.89. The highest BCUT2D eigenvalue weighted by atomic mass is 32.2. The van der Waals surface area contributed by atoms with Crippen molar-refractivity contribution in [3.05, 3.63) is 12.0 Å². The van der Waals surface area contributed by atoms with E-state index in [1.54, 1.807) is 11.5 Å². The second-order valence-corrected chi connectivity index (χ2v) is 5.71. The fraction of sp³-hybridized carbons (Fsp3) is 0.727. The number of nitrogens with one attached hydrogen (secondary N) is 1. The number of ether oxygens (including phenoxy) is 1. The summed E-state index contributed by atoms with van der Waals surface area (Å²) in [5.74, 6) is 0.675. The summed E-state index contributed by atoms with van der Waals surface area (Å²) in [6.07, 6.45) is 2.08. The quantitative estimate of drug-likeness (QED) is 0.619. The van der Waals surface area contributed by atoms with Crippen molar-refractivity contribution in [3.63, 3.8) is 0 Å². The molecular weight excluding hydrogens is 270 g/mol. The van der Waals surface area contributed by atoms with Gasteiger partial charge in [0.25, 0.3) is 10.0 Å². The molecule has 0 spiro atoms. The predicted octanol–water partition coefficient (Wildman–Crippen LogP) is -0.111. The van der Waals surface area contributed by atoms with Crippen LogP contribution in [0.4, 0.5) is 0 Å². The lowest BCUT2D eigenvalue weighted by Crippen LogP contribution is -2.26. The van der Waals surface area contributed by atoms with Gasteiger partial charge in [-0.15, -0.1) is 0 Å². The summed E-state index contributed by atoms with van der Waals surface area (Å²) in [7, 11) is -3.55. The smallest absolute Gasteiger partial charge is 0.259 e. The molecule has 1 aromatic rings. The third-order valence-electron chi connectivity index (χ3n) is 2.56. The summed E-state index contributed by atoms with van der Waals surface area (Å²) in [6, 6.07) is 0. The van der Waals surface area contributed by atoms with Crippen molar-refractivity contribution in [1.29, 1.82) is 0 Å². The fourth-order valence-electron chi connectivity index (χ4n) is 1.55. The van der Waals surface area contributed by atoms with E-state index in [-0.39, 0.29) is 24.8 Å². The summed E-state index contributed by atoms with van der Waals surface area (Å²) in [5.41, 5.74) is 0. The van der Waals surface area contributed by atoms with Gasteiger partial charge in [0, 0.05) is 25.9 Å². The molecule has 2 N–H and O–H groups in total. The first-order valence-corrected chi connectivity index (χ1v) is 7.71. The van der Waals surface area contributed by atoms with E-state index in [9.17, 15) is 8.42 Å². The van der Waals surface area contributed by atoms with E-state index in [2.05, 4.69) is 9.71 Å². The maximum absolute atomic E-state index is 11.9. The van der Waals surface area contributed by atoms with Crippen LogP contribution in [0.2, 0.25) is 0 Å². The van der Waals surface area contributed by atoms with Crippen LogP contribution < -0.4 is 4.72 Å². The first-order valence-electron chi connectivity index (χ1n) is 6.23. The molecule has 7 nitrogen and oxygen atoms in total. The monoisotopic (exact) mass is 291 g/mol. The van der Waals surface area contributed by atoms with Crippen LogP contribution in [-0.2, 0) is 21.3 Å². The lowest BCUT2D eigenvalue weighted by molar-refractivity contribution is 0.0913. The SMILES string of the molecule is CCn1cc(S(=O)(=O)NCCCOCCO)nc1C. The van der Waals surface area contributed by atoms with Crippen molar-refractivity contribution in [1.82, 2.24) is 14.3 Å². The number of hydrogen-bond acceptors (Lipinski definition) is 5. The number of imidazole rings is 1. The van der Waals surface area contributed by atoms with E-state index >= 15 is 0 Å². The summed E-state index contributed by atoms with van der Waals surface area (Å²) in [4.78, 5) is 4.03. The molecule has 0 unspecified atom stereocenters. The standard InChI is InChI=1S/C11H21N3O4S/c1-3-14-9-11(13-10(14)2)19(16,17)12-5-4-7-18-8-6-15/h9,12,15H,3-8H2,1-2H3. The largest absolute Gasteiger partial charge is 0.394 e. The molecule has 1 rings (SSSR count). The Morgan fingerprint density at radius 1 is 1.47 bits per heavy atom. The average molecular weight is 291 g/mol. The number of nitrogens with zero attached hydrogens (tertiary/aromatic N) is 2. The van der Waals surface area contributed by atoms with Crippen LogP contribution in [-0.4, -0.2) is 49.4 Å². The summed E-state index contributed by atoms with van der Waals surface area (Å²) in [5, 5.41) is 8.55. The van der Waals surface area contributed by atoms with Gasteiger partial charge in [0.15, 0.2) is 5.03 Å². The number of aliphatic hydroxyl groups excluding tert-OH is 1. The highest BCUT2D eigenvalue weighted by Crippen LogP contribution is 2.08. The Morgan fingerprint density at radius 3 is 2.79 bits per heavy atom. The maximum Gasteiger partial charge on any atom is 0.259 e. The number of sulfonamides is 1. The number of rotatable bonds is 9. The topological polar surface area (TPSA) is 93.5 Å². The highest BCUT2D eigenvalue weighted by Gasteiger charge is 2.17. The summed E-state index contributed by atoms with van der Waals surface area (Å²) >= 11 is 0. The Balaban J connectivity index is 2.47. The predicted molar refractivity (Wildman–Crippen MR) is 70.3 cm³/mol. The molecule has 0 aliphatic carbocycles. The molecule has 1 aromatic heterocycles. The molecule has 110 valence electrons.